The van der Waals surface area contributed by atoms with Crippen molar-refractivity contribution in [2.75, 3.05) is 10.6 Å². The molecule has 0 aromatic heterocycles. The van der Waals surface area contributed by atoms with Gasteiger partial charge in [-0.15, -0.1) is 0 Å². The van der Waals surface area contributed by atoms with E-state index in [1.54, 1.807) is 37.3 Å². The van der Waals surface area contributed by atoms with Crippen molar-refractivity contribution in [3.05, 3.63) is 59.2 Å². The van der Waals surface area contributed by atoms with Crippen LogP contribution in [-0.4, -0.2) is 23.4 Å². The van der Waals surface area contributed by atoms with Crippen molar-refractivity contribution >= 4 is 34.8 Å². The molecule has 0 unspecified atom stereocenters. The van der Waals surface area contributed by atoms with Crippen LogP contribution in [0.1, 0.15) is 30.0 Å². The molecule has 0 aliphatic heterocycles. The van der Waals surface area contributed by atoms with E-state index in [0.29, 0.717) is 22.6 Å². The maximum absolute atomic E-state index is 12.1. The van der Waals surface area contributed by atoms with E-state index in [2.05, 4.69) is 21.2 Å². The lowest BCUT2D eigenvalue weighted by atomic mass is 10.1. The largest absolute Gasteiger partial charge is 0.329 e. The first-order valence-electron chi connectivity index (χ1n) is 8.81. The third-order valence-electron chi connectivity index (χ3n) is 3.93. The summed E-state index contributed by atoms with van der Waals surface area (Å²) in [6.07, 6.45) is -0.112. The zero-order chi connectivity index (χ0) is 21.4. The number of nitriles is 1. The molecule has 0 spiro atoms. The summed E-state index contributed by atoms with van der Waals surface area (Å²) in [5, 5.41) is 18.0. The van der Waals surface area contributed by atoms with Crippen LogP contribution in [0, 0.1) is 25.2 Å². The van der Waals surface area contributed by atoms with Gasteiger partial charge in [-0.25, -0.2) is 5.43 Å². The van der Waals surface area contributed by atoms with Crippen molar-refractivity contribution in [3.63, 3.8) is 0 Å². The molecule has 0 atom stereocenters. The molecule has 0 saturated carbocycles. The predicted molar refractivity (Wildman–Crippen MR) is 110 cm³/mol. The van der Waals surface area contributed by atoms with Crippen LogP contribution < -0.4 is 16.1 Å². The number of hydrogen-bond acceptors (Lipinski definition) is 5. The van der Waals surface area contributed by atoms with E-state index in [4.69, 9.17) is 5.26 Å². The molecule has 2 aromatic carbocycles. The smallest absolute Gasteiger partial charge is 0.325 e. The molecule has 3 amide bonds. The van der Waals surface area contributed by atoms with Crippen molar-refractivity contribution in [1.82, 2.24) is 5.43 Å². The Morgan fingerprint density at radius 1 is 1.00 bits per heavy atom. The van der Waals surface area contributed by atoms with E-state index in [1.165, 1.54) is 0 Å². The molecule has 29 heavy (non-hydrogen) atoms. The molecule has 0 radical (unpaired) electrons. The molecule has 0 aliphatic rings. The van der Waals surface area contributed by atoms with Crippen LogP contribution in [-0.2, 0) is 14.4 Å². The van der Waals surface area contributed by atoms with E-state index in [-0.39, 0.29) is 6.42 Å². The van der Waals surface area contributed by atoms with Crippen LogP contribution >= 0.6 is 0 Å². The van der Waals surface area contributed by atoms with Crippen molar-refractivity contribution in [1.29, 1.82) is 5.26 Å². The average molecular weight is 391 g/mol. The molecule has 8 nitrogen and oxygen atoms in total. The summed E-state index contributed by atoms with van der Waals surface area (Å²) < 4.78 is 0. The lowest BCUT2D eigenvalue weighted by molar-refractivity contribution is -0.136. The molecule has 148 valence electrons. The van der Waals surface area contributed by atoms with Crippen molar-refractivity contribution < 1.29 is 14.4 Å². The fraction of sp³-hybridized carbons (Fsp3) is 0.190. The molecule has 0 saturated heterocycles. The molecule has 2 rings (SSSR count). The van der Waals surface area contributed by atoms with Crippen molar-refractivity contribution in [2.24, 2.45) is 5.10 Å². The minimum absolute atomic E-state index is 0.112. The number of hydrogen-bond donors (Lipinski definition) is 3. The molecule has 0 fully saturated rings. The number of carbonyl (C=O) groups is 3. The lowest BCUT2D eigenvalue weighted by Gasteiger charge is -2.09. The van der Waals surface area contributed by atoms with E-state index in [9.17, 15) is 14.4 Å². The molecule has 0 bridgehead atoms. The van der Waals surface area contributed by atoms with E-state index < -0.39 is 17.7 Å². The lowest BCUT2D eigenvalue weighted by Crippen LogP contribution is -2.33. The third-order valence-corrected chi connectivity index (χ3v) is 3.93. The molecule has 3 N–H and O–H groups in total. The van der Waals surface area contributed by atoms with Gasteiger partial charge in [0.15, 0.2) is 0 Å². The Balaban J connectivity index is 1.90. The van der Waals surface area contributed by atoms with E-state index >= 15 is 0 Å². The number of rotatable bonds is 5. The fourth-order valence-electron chi connectivity index (χ4n) is 2.40. The highest BCUT2D eigenvalue weighted by Gasteiger charge is 2.15. The highest BCUT2D eigenvalue weighted by molar-refractivity contribution is 6.39. The van der Waals surface area contributed by atoms with Gasteiger partial charge in [-0.05, 0) is 50.1 Å². The highest BCUT2D eigenvalue weighted by atomic mass is 16.2. The quantitative estimate of drug-likeness (QED) is 0.412. The number of aryl methyl sites for hydroxylation is 2. The Morgan fingerprint density at radius 3 is 2.45 bits per heavy atom. The number of anilines is 2. The summed E-state index contributed by atoms with van der Waals surface area (Å²) in [6.45, 7) is 5.24. The van der Waals surface area contributed by atoms with Gasteiger partial charge in [-0.2, -0.15) is 10.4 Å². The second-order valence-corrected chi connectivity index (χ2v) is 6.44. The van der Waals surface area contributed by atoms with Gasteiger partial charge in [0.2, 0.25) is 5.91 Å². The summed E-state index contributed by atoms with van der Waals surface area (Å²) in [6, 6.07) is 14.1. The summed E-state index contributed by atoms with van der Waals surface area (Å²) in [5.41, 5.74) is 5.48. The first kappa shape index (κ1) is 21.3. The highest BCUT2D eigenvalue weighted by Crippen LogP contribution is 2.16. The monoisotopic (exact) mass is 391 g/mol. The van der Waals surface area contributed by atoms with Gasteiger partial charge in [-0.1, -0.05) is 24.3 Å². The second-order valence-electron chi connectivity index (χ2n) is 6.44. The van der Waals surface area contributed by atoms with E-state index in [0.717, 1.165) is 11.1 Å². The zero-order valence-electron chi connectivity index (χ0n) is 16.4. The van der Waals surface area contributed by atoms with Gasteiger partial charge in [0.05, 0.1) is 17.7 Å². The van der Waals surface area contributed by atoms with Crippen molar-refractivity contribution in [3.8, 4) is 6.07 Å². The number of nitrogens with zero attached hydrogens (tertiary/aromatic N) is 2. The summed E-state index contributed by atoms with van der Waals surface area (Å²) in [4.78, 5) is 36.0. The molecule has 2 aromatic rings. The minimum Gasteiger partial charge on any atom is -0.325 e. The SMILES string of the molecule is C/C(CC(=O)Nc1ccccc1C#N)=N/NC(=O)C(=O)Nc1cc(C)ccc1C. The van der Waals surface area contributed by atoms with Gasteiger partial charge >= 0.3 is 11.8 Å². The number of carbonyl (C=O) groups excluding carboxylic acids is 3. The molecular formula is C21H21N5O3. The Morgan fingerprint density at radius 2 is 1.72 bits per heavy atom. The number of nitrogens with one attached hydrogen (secondary N) is 3. The van der Waals surface area contributed by atoms with Crippen molar-refractivity contribution in [2.45, 2.75) is 27.2 Å². The summed E-state index contributed by atoms with van der Waals surface area (Å²) in [7, 11) is 0. The second kappa shape index (κ2) is 9.80. The standard InChI is InChI=1S/C21H21N5O3/c1-13-8-9-14(2)18(10-13)24-20(28)21(29)26-25-15(3)11-19(27)23-17-7-5-4-6-16(17)12-22/h4-10H,11H2,1-3H3,(H,23,27)(H,24,28)(H,26,29)/b25-15-. The predicted octanol–water partition coefficient (Wildman–Crippen LogP) is 2.63. The van der Waals surface area contributed by atoms with Crippen LogP contribution in [0.15, 0.2) is 47.6 Å². The van der Waals surface area contributed by atoms with E-state index in [1.807, 2.05) is 32.0 Å². The zero-order valence-corrected chi connectivity index (χ0v) is 16.4. The van der Waals surface area contributed by atoms with Gasteiger partial charge < -0.3 is 10.6 Å². The average Bonchev–Trinajstić information content (AvgIpc) is 2.69. The Labute approximate surface area is 168 Å². The maximum Gasteiger partial charge on any atom is 0.329 e. The van der Waals surface area contributed by atoms with Gasteiger partial charge in [0.25, 0.3) is 0 Å². The number of para-hydroxylation sites is 1. The third kappa shape index (κ3) is 6.29. The van der Waals surface area contributed by atoms with Gasteiger partial charge in [0, 0.05) is 11.4 Å². The molecule has 0 aliphatic carbocycles. The topological polar surface area (TPSA) is 123 Å². The number of amides is 3. The van der Waals surface area contributed by atoms with Crippen LogP contribution in [0.5, 0.6) is 0 Å². The van der Waals surface area contributed by atoms with Crippen LogP contribution in [0.4, 0.5) is 11.4 Å². The number of hydrazone groups is 1. The number of benzene rings is 2. The van der Waals surface area contributed by atoms with Gasteiger partial charge in [0.1, 0.15) is 6.07 Å². The molecule has 0 heterocycles. The Bertz CT molecular complexity index is 1020. The normalized spacial score (nSPS) is 10.6. The summed E-state index contributed by atoms with van der Waals surface area (Å²) >= 11 is 0. The minimum atomic E-state index is -0.944. The molecule has 8 heteroatoms. The fourth-order valence-corrected chi connectivity index (χ4v) is 2.40. The van der Waals surface area contributed by atoms with Crippen LogP contribution in [0.3, 0.4) is 0 Å². The van der Waals surface area contributed by atoms with Crippen LogP contribution in [0.25, 0.3) is 0 Å². The van der Waals surface area contributed by atoms with Gasteiger partial charge in [-0.3, -0.25) is 14.4 Å². The Hall–Kier alpha value is -3.99. The first-order chi connectivity index (χ1) is 13.8. The Kier molecular flexibility index (Phi) is 7.20. The summed E-state index contributed by atoms with van der Waals surface area (Å²) in [5.74, 6) is -2.20. The maximum atomic E-state index is 12.1. The van der Waals surface area contributed by atoms with Crippen LogP contribution in [0.2, 0.25) is 0 Å². The molecular weight excluding hydrogens is 370 g/mol. The first-order valence-corrected chi connectivity index (χ1v) is 8.81.